The molecule has 0 aliphatic heterocycles. The van der Waals surface area contributed by atoms with E-state index in [-0.39, 0.29) is 23.4 Å². The molecule has 7 nitrogen and oxygen atoms in total. The fourth-order valence-electron chi connectivity index (χ4n) is 4.28. The van der Waals surface area contributed by atoms with Gasteiger partial charge in [-0.15, -0.1) is 5.10 Å². The number of aromatic nitrogens is 3. The van der Waals surface area contributed by atoms with Gasteiger partial charge in [-0.25, -0.2) is 22.6 Å². The summed E-state index contributed by atoms with van der Waals surface area (Å²) >= 11 is 0. The molecule has 2 saturated carbocycles. The molecule has 0 spiro atoms. The van der Waals surface area contributed by atoms with Gasteiger partial charge in [-0.05, 0) is 48.8 Å². The molecule has 0 radical (unpaired) electrons. The van der Waals surface area contributed by atoms with Crippen molar-refractivity contribution in [3.05, 3.63) is 42.0 Å². The minimum absolute atomic E-state index is 0.184. The Bertz CT molecular complexity index is 957. The number of nitrogens with zero attached hydrogens (tertiary/aromatic N) is 4. The van der Waals surface area contributed by atoms with E-state index in [0.717, 1.165) is 35.8 Å². The van der Waals surface area contributed by atoms with Crippen LogP contribution in [0.4, 0.5) is 9.18 Å². The van der Waals surface area contributed by atoms with Crippen LogP contribution >= 0.6 is 0 Å². The molecule has 27 heavy (non-hydrogen) atoms. The number of hydrogen-bond donors (Lipinski definition) is 0. The van der Waals surface area contributed by atoms with E-state index in [1.807, 2.05) is 0 Å². The summed E-state index contributed by atoms with van der Waals surface area (Å²) in [5.41, 5.74) is 0.752. The maximum Gasteiger partial charge on any atom is 0.346 e. The van der Waals surface area contributed by atoms with Crippen LogP contribution in [-0.2, 0) is 16.4 Å². The quantitative estimate of drug-likeness (QED) is 0.798. The Kier molecular flexibility index (Phi) is 4.49. The van der Waals surface area contributed by atoms with Gasteiger partial charge < -0.3 is 4.90 Å². The number of fused-ring (bicyclic) bond motifs is 2. The molecular formula is C18H21FN4O3S. The Morgan fingerprint density at radius 1 is 1.26 bits per heavy atom. The van der Waals surface area contributed by atoms with Crippen LogP contribution in [0, 0.1) is 17.7 Å². The molecule has 144 valence electrons. The van der Waals surface area contributed by atoms with Gasteiger partial charge in [0.2, 0.25) is 9.84 Å². The highest BCUT2D eigenvalue weighted by molar-refractivity contribution is 7.91. The smallest absolute Gasteiger partial charge is 0.322 e. The number of sulfone groups is 1. The molecule has 9 heteroatoms. The molecule has 0 saturated heterocycles. The Morgan fingerprint density at radius 2 is 2.00 bits per heavy atom. The largest absolute Gasteiger partial charge is 0.346 e. The fraction of sp³-hybridized carbons (Fsp3) is 0.500. The molecule has 3 atom stereocenters. The summed E-state index contributed by atoms with van der Waals surface area (Å²) in [5.74, 6) is 0.323. The zero-order valence-electron chi connectivity index (χ0n) is 15.0. The van der Waals surface area contributed by atoms with Gasteiger partial charge in [0.25, 0.3) is 5.16 Å². The summed E-state index contributed by atoms with van der Waals surface area (Å²) in [6.45, 7) is 0.243. The van der Waals surface area contributed by atoms with E-state index in [4.69, 9.17) is 0 Å². The number of carbonyl (C=O) groups is 1. The Hall–Kier alpha value is -2.29. The van der Waals surface area contributed by atoms with E-state index >= 15 is 0 Å². The van der Waals surface area contributed by atoms with Crippen LogP contribution in [0.3, 0.4) is 0 Å². The Balaban J connectivity index is 1.48. The first-order valence-electron chi connectivity index (χ1n) is 9.00. The van der Waals surface area contributed by atoms with E-state index in [2.05, 4.69) is 10.1 Å². The lowest BCUT2D eigenvalue weighted by molar-refractivity contribution is 0.205. The van der Waals surface area contributed by atoms with Crippen LogP contribution in [0.25, 0.3) is 0 Å². The summed E-state index contributed by atoms with van der Waals surface area (Å²) in [6.07, 6.45) is 4.81. The number of carbonyl (C=O) groups excluding carboxylic acids is 1. The van der Waals surface area contributed by atoms with Gasteiger partial charge in [-0.1, -0.05) is 18.6 Å². The van der Waals surface area contributed by atoms with Crippen molar-refractivity contribution in [3.63, 3.8) is 0 Å². The lowest BCUT2D eigenvalue weighted by Gasteiger charge is -2.20. The van der Waals surface area contributed by atoms with Crippen LogP contribution in [0.5, 0.6) is 0 Å². The van der Waals surface area contributed by atoms with E-state index < -0.39 is 21.1 Å². The lowest BCUT2D eigenvalue weighted by atomic mass is 10.0. The maximum absolute atomic E-state index is 13.0. The number of halogens is 1. The molecule has 1 heterocycles. The average Bonchev–Trinajstić information content (AvgIpc) is 3.39. The number of benzene rings is 1. The predicted molar refractivity (Wildman–Crippen MR) is 95.1 cm³/mol. The fourth-order valence-corrected chi connectivity index (χ4v) is 6.22. The minimum atomic E-state index is -3.63. The third-order valence-electron chi connectivity index (χ3n) is 5.65. The standard InChI is InChI=1S/C18H21FN4O3S/c1-22(10-12-3-6-15(19)7-4-12)18(24)23-11-20-17(21-23)27(25,26)16-9-13-2-5-14(16)8-13/h3-4,6-7,11,13-14,16H,2,5,8-10H2,1H3/t13-,14+,16+/m0/s1. The highest BCUT2D eigenvalue weighted by Gasteiger charge is 2.47. The highest BCUT2D eigenvalue weighted by Crippen LogP contribution is 2.48. The molecule has 2 fully saturated rings. The van der Waals surface area contributed by atoms with Crippen LogP contribution in [0.15, 0.2) is 35.7 Å². The van der Waals surface area contributed by atoms with Crippen molar-refractivity contribution in [3.8, 4) is 0 Å². The molecule has 2 aliphatic carbocycles. The second-order valence-corrected chi connectivity index (χ2v) is 9.56. The number of hydrogen-bond acceptors (Lipinski definition) is 5. The molecule has 1 aromatic heterocycles. The first kappa shape index (κ1) is 18.1. The summed E-state index contributed by atoms with van der Waals surface area (Å²) in [7, 11) is -2.06. The van der Waals surface area contributed by atoms with Gasteiger partial charge >= 0.3 is 6.03 Å². The van der Waals surface area contributed by atoms with Crippen molar-refractivity contribution in [2.75, 3.05) is 7.05 Å². The topological polar surface area (TPSA) is 85.2 Å². The molecule has 1 amide bonds. The highest BCUT2D eigenvalue weighted by atomic mass is 32.2. The molecule has 4 rings (SSSR count). The summed E-state index contributed by atoms with van der Waals surface area (Å²) in [5, 5.41) is 3.25. The Labute approximate surface area is 157 Å². The number of amides is 1. The third-order valence-corrected chi connectivity index (χ3v) is 7.72. The van der Waals surface area contributed by atoms with E-state index in [1.165, 1.54) is 17.0 Å². The first-order chi connectivity index (χ1) is 12.8. The Morgan fingerprint density at radius 3 is 2.63 bits per heavy atom. The van der Waals surface area contributed by atoms with E-state index in [9.17, 15) is 17.6 Å². The van der Waals surface area contributed by atoms with Gasteiger partial charge in [-0.3, -0.25) is 0 Å². The monoisotopic (exact) mass is 392 g/mol. The second-order valence-electron chi connectivity index (χ2n) is 7.50. The van der Waals surface area contributed by atoms with Crippen molar-refractivity contribution >= 4 is 15.9 Å². The van der Waals surface area contributed by atoms with Gasteiger partial charge in [0.15, 0.2) is 0 Å². The van der Waals surface area contributed by atoms with Gasteiger partial charge in [0.1, 0.15) is 12.1 Å². The van der Waals surface area contributed by atoms with E-state index in [1.54, 1.807) is 19.2 Å². The number of rotatable bonds is 4. The average molecular weight is 392 g/mol. The van der Waals surface area contributed by atoms with Crippen molar-refractivity contribution in [1.82, 2.24) is 19.7 Å². The van der Waals surface area contributed by atoms with Gasteiger partial charge in [0.05, 0.1) is 5.25 Å². The summed E-state index contributed by atoms with van der Waals surface area (Å²) in [6, 6.07) is 5.32. The lowest BCUT2D eigenvalue weighted by Crippen LogP contribution is -2.32. The molecular weight excluding hydrogens is 371 g/mol. The summed E-state index contributed by atoms with van der Waals surface area (Å²) < 4.78 is 39.6. The van der Waals surface area contributed by atoms with Gasteiger partial charge in [-0.2, -0.15) is 4.68 Å². The second kappa shape index (κ2) is 6.70. The first-order valence-corrected chi connectivity index (χ1v) is 10.5. The van der Waals surface area contributed by atoms with Crippen molar-refractivity contribution in [2.45, 2.75) is 42.6 Å². The normalized spacial score (nSPS) is 24.3. The molecule has 0 N–H and O–H groups in total. The molecule has 0 unspecified atom stereocenters. The maximum atomic E-state index is 13.0. The minimum Gasteiger partial charge on any atom is -0.322 e. The SMILES string of the molecule is CN(Cc1ccc(F)cc1)C(=O)n1cnc(S(=O)(=O)[C@@H]2C[C@H]3CC[C@@H]2C3)n1. The van der Waals surface area contributed by atoms with E-state index in [0.29, 0.717) is 12.3 Å². The van der Waals surface area contributed by atoms with Crippen LogP contribution in [0.1, 0.15) is 31.2 Å². The molecule has 2 aromatic rings. The van der Waals surface area contributed by atoms with Crippen LogP contribution in [0.2, 0.25) is 0 Å². The van der Waals surface area contributed by atoms with Crippen molar-refractivity contribution in [1.29, 1.82) is 0 Å². The van der Waals surface area contributed by atoms with Crippen LogP contribution in [-0.4, -0.2) is 46.4 Å². The van der Waals surface area contributed by atoms with Crippen molar-refractivity contribution < 1.29 is 17.6 Å². The zero-order chi connectivity index (χ0) is 19.2. The molecule has 2 aliphatic rings. The van der Waals surface area contributed by atoms with Crippen LogP contribution < -0.4 is 0 Å². The predicted octanol–water partition coefficient (Wildman–Crippen LogP) is 2.48. The molecule has 2 bridgehead atoms. The summed E-state index contributed by atoms with van der Waals surface area (Å²) in [4.78, 5) is 17.8. The molecule has 1 aromatic carbocycles. The zero-order valence-corrected chi connectivity index (χ0v) is 15.8. The van der Waals surface area contributed by atoms with Crippen molar-refractivity contribution in [2.24, 2.45) is 11.8 Å². The van der Waals surface area contributed by atoms with Gasteiger partial charge in [0, 0.05) is 13.6 Å². The third kappa shape index (κ3) is 3.36.